The molecule has 0 spiro atoms. The smallest absolute Gasteiger partial charge is 0.389 e. The molecule has 2 fully saturated rings. The van der Waals surface area contributed by atoms with Crippen LogP contribution in [0.1, 0.15) is 29.6 Å². The monoisotopic (exact) mass is 491 g/mol. The van der Waals surface area contributed by atoms with E-state index in [1.54, 1.807) is 43.5 Å². The number of benzene rings is 1. The van der Waals surface area contributed by atoms with Crippen LogP contribution in [-0.4, -0.2) is 79.1 Å². The van der Waals surface area contributed by atoms with Crippen molar-refractivity contribution in [3.63, 3.8) is 0 Å². The normalized spacial score (nSPS) is 18.4. The number of hydrogen-bond acceptors (Lipinski definition) is 7. The third-order valence-electron chi connectivity index (χ3n) is 6.20. The van der Waals surface area contributed by atoms with Crippen LogP contribution in [0.3, 0.4) is 0 Å². The minimum absolute atomic E-state index is 0.0168. The van der Waals surface area contributed by atoms with E-state index in [0.29, 0.717) is 31.3 Å². The van der Waals surface area contributed by atoms with Crippen molar-refractivity contribution in [2.45, 2.75) is 31.5 Å². The van der Waals surface area contributed by atoms with Crippen molar-refractivity contribution in [3.8, 4) is 5.75 Å². The number of ketones is 1. The molecule has 8 nitrogen and oxygen atoms in total. The first-order chi connectivity index (χ1) is 16.6. The van der Waals surface area contributed by atoms with Gasteiger partial charge in [0.15, 0.2) is 5.78 Å². The van der Waals surface area contributed by atoms with E-state index in [1.165, 1.54) is 12.1 Å². The molecule has 1 amide bonds. The Morgan fingerprint density at radius 2 is 1.71 bits per heavy atom. The van der Waals surface area contributed by atoms with Crippen molar-refractivity contribution in [2.75, 3.05) is 50.1 Å². The molecule has 0 saturated carbocycles. The summed E-state index contributed by atoms with van der Waals surface area (Å²) in [4.78, 5) is 38.5. The van der Waals surface area contributed by atoms with Gasteiger partial charge in [0.05, 0.1) is 37.0 Å². The lowest BCUT2D eigenvalue weighted by atomic mass is 9.99. The molecule has 2 saturated heterocycles. The SMILES string of the molecule is CN(C)C(=O)C1CN(c2ncc(N3CC[C@@H](Oc4ccc(C(=O)CCC(F)(F)F)cc4)C3)cn2)C1. The van der Waals surface area contributed by atoms with Crippen molar-refractivity contribution in [3.05, 3.63) is 42.2 Å². The van der Waals surface area contributed by atoms with Gasteiger partial charge in [0.1, 0.15) is 11.9 Å². The molecule has 2 aromatic rings. The summed E-state index contributed by atoms with van der Waals surface area (Å²) >= 11 is 0. The van der Waals surface area contributed by atoms with Gasteiger partial charge in [0.25, 0.3) is 0 Å². The lowest BCUT2D eigenvalue weighted by Crippen LogP contribution is -2.54. The van der Waals surface area contributed by atoms with Gasteiger partial charge >= 0.3 is 6.18 Å². The van der Waals surface area contributed by atoms with Crippen LogP contribution < -0.4 is 14.5 Å². The second-order valence-electron chi connectivity index (χ2n) is 9.11. The zero-order valence-corrected chi connectivity index (χ0v) is 19.7. The van der Waals surface area contributed by atoms with Gasteiger partial charge in [-0.25, -0.2) is 9.97 Å². The molecule has 35 heavy (non-hydrogen) atoms. The summed E-state index contributed by atoms with van der Waals surface area (Å²) in [5.41, 5.74) is 1.12. The molecule has 0 unspecified atom stereocenters. The molecule has 1 aromatic heterocycles. The minimum atomic E-state index is -4.34. The zero-order valence-electron chi connectivity index (χ0n) is 19.7. The minimum Gasteiger partial charge on any atom is -0.489 e. The average Bonchev–Trinajstić information content (AvgIpc) is 3.25. The molecule has 2 aliphatic heterocycles. The molecular formula is C24H28F3N5O3. The fourth-order valence-electron chi connectivity index (χ4n) is 4.17. The van der Waals surface area contributed by atoms with E-state index in [9.17, 15) is 22.8 Å². The predicted molar refractivity (Wildman–Crippen MR) is 124 cm³/mol. The first-order valence-corrected chi connectivity index (χ1v) is 11.5. The Kier molecular flexibility index (Phi) is 7.13. The van der Waals surface area contributed by atoms with Crippen LogP contribution in [0.5, 0.6) is 5.75 Å². The Morgan fingerprint density at radius 3 is 2.31 bits per heavy atom. The quantitative estimate of drug-likeness (QED) is 0.525. The first-order valence-electron chi connectivity index (χ1n) is 11.5. The molecule has 4 rings (SSSR count). The number of ether oxygens (including phenoxy) is 1. The molecule has 1 aromatic carbocycles. The van der Waals surface area contributed by atoms with Crippen LogP contribution in [0.15, 0.2) is 36.7 Å². The second-order valence-corrected chi connectivity index (χ2v) is 9.11. The lowest BCUT2D eigenvalue weighted by molar-refractivity contribution is -0.134. The van der Waals surface area contributed by atoms with E-state index in [0.717, 1.165) is 18.7 Å². The number of nitrogens with zero attached hydrogens (tertiary/aromatic N) is 5. The molecular weight excluding hydrogens is 463 g/mol. The van der Waals surface area contributed by atoms with Crippen LogP contribution in [0.25, 0.3) is 0 Å². The Balaban J connectivity index is 1.25. The molecule has 1 atom stereocenters. The Hall–Kier alpha value is -3.37. The van der Waals surface area contributed by atoms with Gasteiger partial charge in [-0.05, 0) is 24.3 Å². The number of amides is 1. The van der Waals surface area contributed by atoms with E-state index in [4.69, 9.17) is 4.74 Å². The highest BCUT2D eigenvalue weighted by Gasteiger charge is 2.35. The topological polar surface area (TPSA) is 78.9 Å². The summed E-state index contributed by atoms with van der Waals surface area (Å²) in [6, 6.07) is 6.23. The van der Waals surface area contributed by atoms with Crippen molar-refractivity contribution < 1.29 is 27.5 Å². The zero-order chi connectivity index (χ0) is 25.2. The van der Waals surface area contributed by atoms with E-state index in [1.807, 2.05) is 4.90 Å². The van der Waals surface area contributed by atoms with Crippen LogP contribution in [-0.2, 0) is 4.79 Å². The van der Waals surface area contributed by atoms with Crippen LogP contribution in [0, 0.1) is 5.92 Å². The van der Waals surface area contributed by atoms with Crippen LogP contribution >= 0.6 is 0 Å². The van der Waals surface area contributed by atoms with E-state index >= 15 is 0 Å². The number of anilines is 2. The first kappa shape index (κ1) is 24.7. The van der Waals surface area contributed by atoms with Crippen molar-refractivity contribution >= 4 is 23.3 Å². The van der Waals surface area contributed by atoms with E-state index in [2.05, 4.69) is 14.9 Å². The van der Waals surface area contributed by atoms with Crippen LogP contribution in [0.4, 0.5) is 24.8 Å². The number of rotatable bonds is 8. The number of aromatic nitrogens is 2. The number of hydrogen-bond donors (Lipinski definition) is 0. The highest BCUT2D eigenvalue weighted by atomic mass is 19.4. The number of carbonyl (C=O) groups excluding carboxylic acids is 2. The third kappa shape index (κ3) is 6.20. The van der Waals surface area contributed by atoms with Crippen molar-refractivity contribution in [1.29, 1.82) is 0 Å². The van der Waals surface area contributed by atoms with Gasteiger partial charge in [0.2, 0.25) is 11.9 Å². The maximum atomic E-state index is 12.3. The van der Waals surface area contributed by atoms with Crippen molar-refractivity contribution in [1.82, 2.24) is 14.9 Å². The summed E-state index contributed by atoms with van der Waals surface area (Å²) in [7, 11) is 3.50. The molecule has 0 radical (unpaired) electrons. The Morgan fingerprint density at radius 1 is 1.06 bits per heavy atom. The standard InChI is InChI=1S/C24H28F3N5O3/c1-30(2)22(34)17-13-32(14-17)23-28-11-18(12-29-23)31-10-8-20(15-31)35-19-5-3-16(4-6-19)21(33)7-9-24(25,26)27/h3-6,11-12,17,20H,7-10,13-15H2,1-2H3/t20-/m1/s1. The van der Waals surface area contributed by atoms with E-state index in [-0.39, 0.29) is 23.5 Å². The predicted octanol–water partition coefficient (Wildman–Crippen LogP) is 3.18. The lowest BCUT2D eigenvalue weighted by Gasteiger charge is -2.39. The fraction of sp³-hybridized carbons (Fsp3) is 0.500. The number of carbonyl (C=O) groups is 2. The summed E-state index contributed by atoms with van der Waals surface area (Å²) < 4.78 is 43.0. The Labute approximate surface area is 201 Å². The van der Waals surface area contributed by atoms with Gasteiger partial charge in [-0.1, -0.05) is 0 Å². The molecule has 0 bridgehead atoms. The third-order valence-corrected chi connectivity index (χ3v) is 6.20. The van der Waals surface area contributed by atoms with E-state index < -0.39 is 24.8 Å². The van der Waals surface area contributed by atoms with Gasteiger partial charge in [-0.3, -0.25) is 9.59 Å². The maximum Gasteiger partial charge on any atom is 0.389 e. The van der Waals surface area contributed by atoms with Crippen molar-refractivity contribution in [2.24, 2.45) is 5.92 Å². The highest BCUT2D eigenvalue weighted by Crippen LogP contribution is 2.27. The molecule has 3 heterocycles. The largest absolute Gasteiger partial charge is 0.489 e. The summed E-state index contributed by atoms with van der Waals surface area (Å²) in [6.07, 6.45) is -1.78. The highest BCUT2D eigenvalue weighted by molar-refractivity contribution is 5.96. The molecule has 11 heteroatoms. The second kappa shape index (κ2) is 10.1. The van der Waals surface area contributed by atoms with Gasteiger partial charge in [-0.2, -0.15) is 13.2 Å². The summed E-state index contributed by atoms with van der Waals surface area (Å²) in [5, 5.41) is 0. The van der Waals surface area contributed by atoms with Crippen LogP contribution in [0.2, 0.25) is 0 Å². The summed E-state index contributed by atoms with van der Waals surface area (Å²) in [5.74, 6) is 0.728. The Bertz CT molecular complexity index is 1040. The molecule has 0 aliphatic carbocycles. The fourth-order valence-corrected chi connectivity index (χ4v) is 4.17. The number of alkyl halides is 3. The van der Waals surface area contributed by atoms with Gasteiger partial charge in [-0.15, -0.1) is 0 Å². The molecule has 188 valence electrons. The summed E-state index contributed by atoms with van der Waals surface area (Å²) in [6.45, 7) is 2.63. The number of Topliss-reactive ketones (excluding diaryl/α,β-unsaturated/α-hetero) is 1. The van der Waals surface area contributed by atoms with Gasteiger partial charge in [0, 0.05) is 52.1 Å². The van der Waals surface area contributed by atoms with Gasteiger partial charge < -0.3 is 19.4 Å². The number of halogens is 3. The maximum absolute atomic E-state index is 12.3. The average molecular weight is 492 g/mol. The molecule has 2 aliphatic rings. The molecule has 0 N–H and O–H groups in total.